The number of benzene rings is 2. The molecule has 2 aromatic carbocycles. The Labute approximate surface area is 136 Å². The summed E-state index contributed by atoms with van der Waals surface area (Å²) in [5.74, 6) is -0.302. The van der Waals surface area contributed by atoms with Gasteiger partial charge in [-0.2, -0.15) is 0 Å². The zero-order valence-electron chi connectivity index (χ0n) is 13.3. The van der Waals surface area contributed by atoms with Crippen LogP contribution in [0.15, 0.2) is 42.5 Å². The van der Waals surface area contributed by atoms with Crippen molar-refractivity contribution >= 4 is 5.97 Å². The quantitative estimate of drug-likeness (QED) is 0.560. The molecule has 1 aliphatic carbocycles. The molecule has 0 aromatic heterocycles. The minimum Gasteiger partial charge on any atom is -0.423 e. The maximum atomic E-state index is 14.3. The number of halogens is 1. The number of hydrogen-bond acceptors (Lipinski definition) is 2. The van der Waals surface area contributed by atoms with Crippen molar-refractivity contribution in [3.63, 3.8) is 0 Å². The summed E-state index contributed by atoms with van der Waals surface area (Å²) >= 11 is 0. The van der Waals surface area contributed by atoms with Gasteiger partial charge in [0.05, 0.1) is 5.56 Å². The highest BCUT2D eigenvalue weighted by molar-refractivity contribution is 5.91. The van der Waals surface area contributed by atoms with E-state index in [-0.39, 0.29) is 5.56 Å². The van der Waals surface area contributed by atoms with E-state index >= 15 is 0 Å². The number of carbonyl (C=O) groups is 1. The van der Waals surface area contributed by atoms with E-state index in [1.54, 1.807) is 18.2 Å². The number of ether oxygens (including phenoxy) is 1. The van der Waals surface area contributed by atoms with Crippen LogP contribution in [0.25, 0.3) is 0 Å². The lowest BCUT2D eigenvalue weighted by atomic mass is 9.84. The molecular formula is C20H21FO2. The molecule has 3 rings (SSSR count). The van der Waals surface area contributed by atoms with Gasteiger partial charge in [-0.1, -0.05) is 43.0 Å². The Hall–Kier alpha value is -2.16. The maximum absolute atomic E-state index is 14.3. The predicted octanol–water partition coefficient (Wildman–Crippen LogP) is 5.40. The van der Waals surface area contributed by atoms with Gasteiger partial charge in [0.1, 0.15) is 11.6 Å². The third-order valence-corrected chi connectivity index (χ3v) is 4.52. The Morgan fingerprint density at radius 2 is 1.74 bits per heavy atom. The maximum Gasteiger partial charge on any atom is 0.346 e. The molecule has 1 saturated carbocycles. The molecule has 0 radical (unpaired) electrons. The van der Waals surface area contributed by atoms with Crippen molar-refractivity contribution < 1.29 is 13.9 Å². The second-order valence-corrected chi connectivity index (χ2v) is 6.28. The molecule has 1 fully saturated rings. The lowest BCUT2D eigenvalue weighted by Gasteiger charge is -2.22. The van der Waals surface area contributed by atoms with Crippen molar-refractivity contribution in [1.29, 1.82) is 0 Å². The van der Waals surface area contributed by atoms with E-state index in [0.717, 1.165) is 24.0 Å². The predicted molar refractivity (Wildman–Crippen MR) is 88.4 cm³/mol. The first kappa shape index (κ1) is 15.7. The van der Waals surface area contributed by atoms with Gasteiger partial charge in [-0.3, -0.25) is 0 Å². The molecule has 0 saturated heterocycles. The smallest absolute Gasteiger partial charge is 0.346 e. The van der Waals surface area contributed by atoms with Crippen molar-refractivity contribution in [3.05, 3.63) is 65.0 Å². The molecule has 0 amide bonds. The van der Waals surface area contributed by atoms with Gasteiger partial charge in [0, 0.05) is 0 Å². The fourth-order valence-corrected chi connectivity index (χ4v) is 3.16. The van der Waals surface area contributed by atoms with E-state index in [9.17, 15) is 9.18 Å². The lowest BCUT2D eigenvalue weighted by molar-refractivity contribution is 0.0730. The average molecular weight is 312 g/mol. The third kappa shape index (κ3) is 3.79. The van der Waals surface area contributed by atoms with Gasteiger partial charge in [0.15, 0.2) is 0 Å². The third-order valence-electron chi connectivity index (χ3n) is 4.52. The van der Waals surface area contributed by atoms with E-state index in [1.165, 1.54) is 25.3 Å². The molecule has 0 N–H and O–H groups in total. The van der Waals surface area contributed by atoms with E-state index in [4.69, 9.17) is 4.74 Å². The molecular weight excluding hydrogens is 291 g/mol. The summed E-state index contributed by atoms with van der Waals surface area (Å²) in [6, 6.07) is 12.0. The van der Waals surface area contributed by atoms with Crippen LogP contribution in [-0.2, 0) is 0 Å². The summed E-state index contributed by atoms with van der Waals surface area (Å²) in [6.07, 6.45) is 5.87. The summed E-state index contributed by atoms with van der Waals surface area (Å²) in [5, 5.41) is 0. The van der Waals surface area contributed by atoms with E-state index in [2.05, 4.69) is 0 Å². The first-order valence-electron chi connectivity index (χ1n) is 8.22. The van der Waals surface area contributed by atoms with Gasteiger partial charge in [0.25, 0.3) is 0 Å². The van der Waals surface area contributed by atoms with Crippen molar-refractivity contribution in [2.24, 2.45) is 0 Å². The van der Waals surface area contributed by atoms with Crippen LogP contribution < -0.4 is 4.74 Å². The van der Waals surface area contributed by atoms with Crippen molar-refractivity contribution in [1.82, 2.24) is 0 Å². The number of esters is 1. The molecule has 1 aliphatic rings. The highest BCUT2D eigenvalue weighted by atomic mass is 19.1. The molecule has 0 heterocycles. The van der Waals surface area contributed by atoms with Gasteiger partial charge in [0.2, 0.25) is 0 Å². The molecule has 0 aliphatic heterocycles. The highest BCUT2D eigenvalue weighted by Crippen LogP contribution is 2.33. The van der Waals surface area contributed by atoms with Gasteiger partial charge in [-0.25, -0.2) is 9.18 Å². The number of aryl methyl sites for hydroxylation is 1. The van der Waals surface area contributed by atoms with Crippen LogP contribution in [0.1, 0.15) is 59.5 Å². The molecule has 3 heteroatoms. The standard InChI is InChI=1S/C20H21FO2/c1-14-7-10-17(11-8-14)23-20(22)18-12-9-16(13-19(18)21)15-5-3-2-4-6-15/h7-13,15H,2-6H2,1H3. The first-order valence-corrected chi connectivity index (χ1v) is 8.22. The summed E-state index contributed by atoms with van der Waals surface area (Å²) < 4.78 is 19.6. The van der Waals surface area contributed by atoms with Crippen LogP contribution in [-0.4, -0.2) is 5.97 Å². The van der Waals surface area contributed by atoms with Gasteiger partial charge < -0.3 is 4.74 Å². The van der Waals surface area contributed by atoms with Crippen molar-refractivity contribution in [2.75, 3.05) is 0 Å². The highest BCUT2D eigenvalue weighted by Gasteiger charge is 2.19. The summed E-state index contributed by atoms with van der Waals surface area (Å²) in [7, 11) is 0. The summed E-state index contributed by atoms with van der Waals surface area (Å²) in [4.78, 5) is 12.1. The summed E-state index contributed by atoms with van der Waals surface area (Å²) in [6.45, 7) is 1.95. The molecule has 2 aromatic rings. The lowest BCUT2D eigenvalue weighted by Crippen LogP contribution is -2.12. The van der Waals surface area contributed by atoms with Crippen LogP contribution in [0.4, 0.5) is 4.39 Å². The Morgan fingerprint density at radius 1 is 1.04 bits per heavy atom. The first-order chi connectivity index (χ1) is 11.1. The normalized spacial score (nSPS) is 15.4. The molecule has 0 spiro atoms. The Bertz CT molecular complexity index is 685. The molecule has 120 valence electrons. The Morgan fingerprint density at radius 3 is 2.39 bits per heavy atom. The number of carbonyl (C=O) groups excluding carboxylic acids is 1. The number of hydrogen-bond donors (Lipinski definition) is 0. The van der Waals surface area contributed by atoms with Crippen LogP contribution in [0, 0.1) is 12.7 Å². The van der Waals surface area contributed by atoms with Crippen LogP contribution in [0.2, 0.25) is 0 Å². The molecule has 0 atom stereocenters. The fourth-order valence-electron chi connectivity index (χ4n) is 3.16. The molecule has 0 bridgehead atoms. The van der Waals surface area contributed by atoms with E-state index < -0.39 is 11.8 Å². The van der Waals surface area contributed by atoms with E-state index in [0.29, 0.717) is 11.7 Å². The SMILES string of the molecule is Cc1ccc(OC(=O)c2ccc(C3CCCCC3)cc2F)cc1. The minimum absolute atomic E-state index is 0.00913. The fraction of sp³-hybridized carbons (Fsp3) is 0.350. The summed E-state index contributed by atoms with van der Waals surface area (Å²) in [5.41, 5.74) is 2.06. The molecule has 23 heavy (non-hydrogen) atoms. The molecule has 2 nitrogen and oxygen atoms in total. The van der Waals surface area contributed by atoms with Gasteiger partial charge in [-0.05, 0) is 55.5 Å². The van der Waals surface area contributed by atoms with Crippen molar-refractivity contribution in [3.8, 4) is 5.75 Å². The molecule has 0 unspecified atom stereocenters. The Balaban J connectivity index is 1.74. The minimum atomic E-state index is -0.651. The van der Waals surface area contributed by atoms with Gasteiger partial charge >= 0.3 is 5.97 Å². The van der Waals surface area contributed by atoms with E-state index in [1.807, 2.05) is 25.1 Å². The Kier molecular flexibility index (Phi) is 4.75. The average Bonchev–Trinajstić information content (AvgIpc) is 2.57. The second kappa shape index (κ2) is 6.95. The monoisotopic (exact) mass is 312 g/mol. The topological polar surface area (TPSA) is 26.3 Å². The van der Waals surface area contributed by atoms with Gasteiger partial charge in [-0.15, -0.1) is 0 Å². The zero-order chi connectivity index (χ0) is 16.2. The van der Waals surface area contributed by atoms with Crippen LogP contribution >= 0.6 is 0 Å². The zero-order valence-corrected chi connectivity index (χ0v) is 13.3. The second-order valence-electron chi connectivity index (χ2n) is 6.28. The largest absolute Gasteiger partial charge is 0.423 e. The van der Waals surface area contributed by atoms with Crippen molar-refractivity contribution in [2.45, 2.75) is 44.9 Å². The van der Waals surface area contributed by atoms with Crippen LogP contribution in [0.3, 0.4) is 0 Å². The van der Waals surface area contributed by atoms with Crippen LogP contribution in [0.5, 0.6) is 5.75 Å². The number of rotatable bonds is 3.